The molecule has 0 aromatic rings. The number of rotatable bonds is 1. The molecule has 0 rings (SSSR count). The van der Waals surface area contributed by atoms with Gasteiger partial charge in [0.05, 0.1) is 11.2 Å². The third-order valence-corrected chi connectivity index (χ3v) is 0.585. The van der Waals surface area contributed by atoms with Gasteiger partial charge in [-0.25, -0.2) is 4.39 Å². The molecule has 0 aliphatic rings. The number of hydrogen-bond donors (Lipinski definition) is 0. The molecule has 0 amide bonds. The van der Waals surface area contributed by atoms with Crippen LogP contribution in [0.4, 0.5) is 4.39 Å². The predicted octanol–water partition coefficient (Wildman–Crippen LogP) is 2.49. The lowest BCUT2D eigenvalue weighted by molar-refractivity contribution is 0.702. The summed E-state index contributed by atoms with van der Waals surface area (Å²) in [5.74, 6) is 0. The van der Waals surface area contributed by atoms with Gasteiger partial charge in [0.2, 0.25) is 0 Å². The Morgan fingerprint density at radius 3 is 2.00 bits per heavy atom. The zero-order valence-corrected chi connectivity index (χ0v) is 5.17. The SMILES string of the molecule is CC(C)(Cl)/C=C/F. The Balaban J connectivity index is 3.56. The van der Waals surface area contributed by atoms with E-state index in [2.05, 4.69) is 0 Å². The molecule has 0 radical (unpaired) electrons. The molecule has 0 aromatic carbocycles. The molecule has 0 aliphatic carbocycles. The van der Waals surface area contributed by atoms with Crippen molar-refractivity contribution in [3.8, 4) is 0 Å². The summed E-state index contributed by atoms with van der Waals surface area (Å²) in [5.41, 5.74) is 0. The van der Waals surface area contributed by atoms with E-state index in [0.29, 0.717) is 6.33 Å². The summed E-state index contributed by atoms with van der Waals surface area (Å²) in [6.45, 7) is 3.43. The molecule has 0 saturated heterocycles. The van der Waals surface area contributed by atoms with Crippen LogP contribution in [-0.2, 0) is 0 Å². The molecule has 0 bridgehead atoms. The Morgan fingerprint density at radius 1 is 1.57 bits per heavy atom. The molecule has 42 valence electrons. The van der Waals surface area contributed by atoms with Gasteiger partial charge in [-0.2, -0.15) is 0 Å². The van der Waals surface area contributed by atoms with Crippen LogP contribution < -0.4 is 0 Å². The Kier molecular flexibility index (Phi) is 2.30. The van der Waals surface area contributed by atoms with Gasteiger partial charge < -0.3 is 0 Å². The van der Waals surface area contributed by atoms with Crippen molar-refractivity contribution in [1.82, 2.24) is 0 Å². The van der Waals surface area contributed by atoms with Gasteiger partial charge in [0.25, 0.3) is 0 Å². The van der Waals surface area contributed by atoms with Crippen LogP contribution in [0, 0.1) is 0 Å². The van der Waals surface area contributed by atoms with Crippen molar-refractivity contribution >= 4 is 11.6 Å². The van der Waals surface area contributed by atoms with Crippen molar-refractivity contribution < 1.29 is 4.39 Å². The highest BCUT2D eigenvalue weighted by Gasteiger charge is 2.05. The fourth-order valence-electron chi connectivity index (χ4n) is 0.150. The van der Waals surface area contributed by atoms with E-state index in [1.165, 1.54) is 6.08 Å². The minimum atomic E-state index is -0.533. The van der Waals surface area contributed by atoms with Crippen molar-refractivity contribution in [3.63, 3.8) is 0 Å². The zero-order chi connectivity index (χ0) is 5.91. The minimum Gasteiger partial charge on any atom is -0.216 e. The van der Waals surface area contributed by atoms with E-state index in [-0.39, 0.29) is 0 Å². The summed E-state index contributed by atoms with van der Waals surface area (Å²) in [4.78, 5) is -0.533. The first-order valence-electron chi connectivity index (χ1n) is 2.03. The van der Waals surface area contributed by atoms with Gasteiger partial charge in [-0.3, -0.25) is 0 Å². The van der Waals surface area contributed by atoms with Crippen LogP contribution in [-0.4, -0.2) is 4.87 Å². The van der Waals surface area contributed by atoms with Crippen LogP contribution in [0.3, 0.4) is 0 Å². The van der Waals surface area contributed by atoms with Crippen molar-refractivity contribution in [3.05, 3.63) is 12.4 Å². The average molecular weight is 123 g/mol. The van der Waals surface area contributed by atoms with Crippen LogP contribution in [0.2, 0.25) is 0 Å². The first kappa shape index (κ1) is 6.96. The van der Waals surface area contributed by atoms with E-state index >= 15 is 0 Å². The monoisotopic (exact) mass is 122 g/mol. The lowest BCUT2D eigenvalue weighted by Crippen LogP contribution is -2.02. The molecule has 0 fully saturated rings. The molecule has 0 nitrogen and oxygen atoms in total. The van der Waals surface area contributed by atoms with E-state index in [1.807, 2.05) is 0 Å². The third kappa shape index (κ3) is 5.96. The summed E-state index contributed by atoms with van der Waals surface area (Å²) >= 11 is 5.51. The summed E-state index contributed by atoms with van der Waals surface area (Å²) in [6, 6.07) is 0. The Bertz CT molecular complexity index is 70.6. The lowest BCUT2D eigenvalue weighted by atomic mass is 10.2. The summed E-state index contributed by atoms with van der Waals surface area (Å²) in [5, 5.41) is 0. The third-order valence-electron chi connectivity index (χ3n) is 0.459. The summed E-state index contributed by atoms with van der Waals surface area (Å²) < 4.78 is 11.2. The molecule has 0 aromatic heterocycles. The van der Waals surface area contributed by atoms with Crippen molar-refractivity contribution in [2.24, 2.45) is 0 Å². The molecule has 7 heavy (non-hydrogen) atoms. The topological polar surface area (TPSA) is 0 Å². The Labute approximate surface area is 48.0 Å². The Hall–Kier alpha value is -0.0400. The van der Waals surface area contributed by atoms with Gasteiger partial charge in [0.1, 0.15) is 0 Å². The lowest BCUT2D eigenvalue weighted by Gasteiger charge is -2.04. The molecule has 0 aliphatic heterocycles. The second-order valence-electron chi connectivity index (χ2n) is 1.86. The van der Waals surface area contributed by atoms with Crippen LogP contribution >= 0.6 is 11.6 Å². The fraction of sp³-hybridized carbons (Fsp3) is 0.600. The normalized spacial score (nSPS) is 13.1. The van der Waals surface area contributed by atoms with Crippen LogP contribution in [0.5, 0.6) is 0 Å². The highest BCUT2D eigenvalue weighted by atomic mass is 35.5. The number of hydrogen-bond acceptors (Lipinski definition) is 0. The van der Waals surface area contributed by atoms with Gasteiger partial charge in [-0.1, -0.05) is 0 Å². The molecule has 0 heterocycles. The number of alkyl halides is 1. The van der Waals surface area contributed by atoms with E-state index in [1.54, 1.807) is 13.8 Å². The zero-order valence-electron chi connectivity index (χ0n) is 4.41. The molecular weight excluding hydrogens is 115 g/mol. The van der Waals surface area contributed by atoms with E-state index in [4.69, 9.17) is 11.6 Å². The van der Waals surface area contributed by atoms with E-state index in [9.17, 15) is 4.39 Å². The maximum absolute atomic E-state index is 11.2. The quantitative estimate of drug-likeness (QED) is 0.469. The number of halogens is 2. The van der Waals surface area contributed by atoms with Crippen molar-refractivity contribution in [1.29, 1.82) is 0 Å². The van der Waals surface area contributed by atoms with E-state index in [0.717, 1.165) is 0 Å². The first-order chi connectivity index (χ1) is 3.06. The Morgan fingerprint density at radius 2 is 2.00 bits per heavy atom. The van der Waals surface area contributed by atoms with Gasteiger partial charge in [0, 0.05) is 0 Å². The number of allylic oxidation sites excluding steroid dienone is 1. The second-order valence-corrected chi connectivity index (χ2v) is 2.83. The highest BCUT2D eigenvalue weighted by molar-refractivity contribution is 6.24. The van der Waals surface area contributed by atoms with Crippen LogP contribution in [0.15, 0.2) is 12.4 Å². The van der Waals surface area contributed by atoms with Gasteiger partial charge in [-0.05, 0) is 19.9 Å². The largest absolute Gasteiger partial charge is 0.216 e. The average Bonchev–Trinajstić information content (AvgIpc) is 1.30. The van der Waals surface area contributed by atoms with Crippen LogP contribution in [0.25, 0.3) is 0 Å². The van der Waals surface area contributed by atoms with Gasteiger partial charge in [0.15, 0.2) is 0 Å². The van der Waals surface area contributed by atoms with Gasteiger partial charge in [-0.15, -0.1) is 11.6 Å². The predicted molar refractivity (Wildman–Crippen MR) is 30.2 cm³/mol. The first-order valence-corrected chi connectivity index (χ1v) is 2.41. The fourth-order valence-corrected chi connectivity index (χ4v) is 0.197. The minimum absolute atomic E-state index is 0.451. The van der Waals surface area contributed by atoms with Gasteiger partial charge >= 0.3 is 0 Å². The summed E-state index contributed by atoms with van der Waals surface area (Å²) in [6.07, 6.45) is 1.74. The molecule has 2 heteroatoms. The smallest absolute Gasteiger partial charge is 0.0844 e. The molecule has 0 spiro atoms. The van der Waals surface area contributed by atoms with E-state index < -0.39 is 4.87 Å². The molecule has 0 atom stereocenters. The molecule has 0 N–H and O–H groups in total. The van der Waals surface area contributed by atoms with Crippen molar-refractivity contribution in [2.45, 2.75) is 18.7 Å². The summed E-state index contributed by atoms with van der Waals surface area (Å²) in [7, 11) is 0. The molecule has 0 saturated carbocycles. The standard InChI is InChI=1S/C5H8ClF/c1-5(2,6)3-4-7/h3-4H,1-2H3/b4-3+. The maximum Gasteiger partial charge on any atom is 0.0844 e. The molecular formula is C5H8ClF. The highest BCUT2D eigenvalue weighted by Crippen LogP contribution is 2.13. The van der Waals surface area contributed by atoms with Crippen molar-refractivity contribution in [2.75, 3.05) is 0 Å². The molecule has 0 unspecified atom stereocenters. The van der Waals surface area contributed by atoms with Crippen LogP contribution in [0.1, 0.15) is 13.8 Å². The second kappa shape index (κ2) is 2.31. The maximum atomic E-state index is 11.2.